The van der Waals surface area contributed by atoms with Crippen molar-refractivity contribution in [3.8, 4) is 0 Å². The van der Waals surface area contributed by atoms with Crippen LogP contribution in [0.5, 0.6) is 0 Å². The summed E-state index contributed by atoms with van der Waals surface area (Å²) in [5.41, 5.74) is 0.389. The molecule has 4 heterocycles. The molecule has 3 aliphatic rings. The molecule has 1 atom stereocenters. The highest BCUT2D eigenvalue weighted by atomic mass is 16.5. The summed E-state index contributed by atoms with van der Waals surface area (Å²) in [7, 11) is 2.14. The summed E-state index contributed by atoms with van der Waals surface area (Å²) in [6.07, 6.45) is 2.49. The molecule has 1 unspecified atom stereocenters. The summed E-state index contributed by atoms with van der Waals surface area (Å²) in [5.74, 6) is 0.784. The Bertz CT molecular complexity index is 1020. The Morgan fingerprint density at radius 3 is 2.39 bits per heavy atom. The molecule has 0 N–H and O–H groups in total. The molecule has 1 aromatic heterocycles. The molecule has 0 spiro atoms. The first-order valence-electron chi connectivity index (χ1n) is 12.0. The first kappa shape index (κ1) is 22.0. The SMILES string of the molecule is CN1CCCN(c2nnc(C(=O)N3CCN(C(=O)C4CCCO4)CC3)c3ccccc23)CC1. The van der Waals surface area contributed by atoms with Crippen molar-refractivity contribution in [2.75, 3.05) is 70.9 Å². The monoisotopic (exact) mass is 452 g/mol. The fraction of sp³-hybridized carbons (Fsp3) is 0.583. The number of amides is 2. The smallest absolute Gasteiger partial charge is 0.275 e. The molecule has 0 bridgehead atoms. The van der Waals surface area contributed by atoms with Gasteiger partial charge < -0.3 is 24.3 Å². The van der Waals surface area contributed by atoms with E-state index in [1.165, 1.54) is 0 Å². The van der Waals surface area contributed by atoms with E-state index in [1.807, 2.05) is 29.2 Å². The average Bonchev–Trinajstić information content (AvgIpc) is 3.31. The van der Waals surface area contributed by atoms with Crippen LogP contribution in [0.3, 0.4) is 0 Å². The summed E-state index contributed by atoms with van der Waals surface area (Å²) >= 11 is 0. The van der Waals surface area contributed by atoms with Crippen LogP contribution in [0, 0.1) is 0 Å². The number of carbonyl (C=O) groups is 2. The maximum Gasteiger partial charge on any atom is 0.275 e. The van der Waals surface area contributed by atoms with Crippen molar-refractivity contribution in [3.63, 3.8) is 0 Å². The highest BCUT2D eigenvalue weighted by Crippen LogP contribution is 2.27. The fourth-order valence-corrected chi connectivity index (χ4v) is 5.00. The second-order valence-electron chi connectivity index (χ2n) is 9.18. The molecule has 33 heavy (non-hydrogen) atoms. The molecule has 9 heteroatoms. The van der Waals surface area contributed by atoms with Crippen molar-refractivity contribution in [2.24, 2.45) is 0 Å². The molecule has 0 radical (unpaired) electrons. The zero-order valence-electron chi connectivity index (χ0n) is 19.3. The van der Waals surface area contributed by atoms with E-state index in [-0.39, 0.29) is 17.9 Å². The minimum Gasteiger partial charge on any atom is -0.368 e. The number of hydrogen-bond acceptors (Lipinski definition) is 7. The van der Waals surface area contributed by atoms with Crippen molar-refractivity contribution in [3.05, 3.63) is 30.0 Å². The molecule has 9 nitrogen and oxygen atoms in total. The lowest BCUT2D eigenvalue weighted by molar-refractivity contribution is -0.142. The van der Waals surface area contributed by atoms with Gasteiger partial charge in [-0.15, -0.1) is 10.2 Å². The summed E-state index contributed by atoms with van der Waals surface area (Å²) < 4.78 is 5.54. The van der Waals surface area contributed by atoms with E-state index in [2.05, 4.69) is 27.0 Å². The number of likely N-dealkylation sites (N-methyl/N-ethyl adjacent to an activating group) is 1. The van der Waals surface area contributed by atoms with Crippen molar-refractivity contribution >= 4 is 28.4 Å². The molecule has 1 aromatic carbocycles. The number of aromatic nitrogens is 2. The third kappa shape index (κ3) is 4.52. The Kier molecular flexibility index (Phi) is 6.41. The molecule has 2 aromatic rings. The van der Waals surface area contributed by atoms with Crippen LogP contribution in [0.25, 0.3) is 10.8 Å². The third-order valence-corrected chi connectivity index (χ3v) is 6.97. The number of fused-ring (bicyclic) bond motifs is 1. The van der Waals surface area contributed by atoms with Gasteiger partial charge in [-0.1, -0.05) is 24.3 Å². The lowest BCUT2D eigenvalue weighted by Gasteiger charge is -2.35. The lowest BCUT2D eigenvalue weighted by atomic mass is 10.1. The van der Waals surface area contributed by atoms with Crippen LogP contribution >= 0.6 is 0 Å². The Balaban J connectivity index is 1.33. The number of hydrogen-bond donors (Lipinski definition) is 0. The van der Waals surface area contributed by atoms with Crippen LogP contribution in [-0.4, -0.2) is 109 Å². The largest absolute Gasteiger partial charge is 0.368 e. The quantitative estimate of drug-likeness (QED) is 0.693. The number of nitrogens with zero attached hydrogens (tertiary/aromatic N) is 6. The normalized spacial score (nSPS) is 22.6. The topological polar surface area (TPSA) is 82.1 Å². The predicted octanol–water partition coefficient (Wildman–Crippen LogP) is 1.24. The summed E-state index contributed by atoms with van der Waals surface area (Å²) in [6, 6.07) is 7.92. The second kappa shape index (κ2) is 9.61. The molecule has 0 saturated carbocycles. The number of ether oxygens (including phenoxy) is 1. The highest BCUT2D eigenvalue weighted by Gasteiger charge is 2.32. The van der Waals surface area contributed by atoms with Gasteiger partial charge in [-0.2, -0.15) is 0 Å². The molecule has 5 rings (SSSR count). The van der Waals surface area contributed by atoms with E-state index in [4.69, 9.17) is 4.74 Å². The third-order valence-electron chi connectivity index (χ3n) is 6.97. The molecular weight excluding hydrogens is 420 g/mol. The number of anilines is 1. The first-order chi connectivity index (χ1) is 16.1. The van der Waals surface area contributed by atoms with E-state index in [9.17, 15) is 9.59 Å². The number of rotatable bonds is 3. The fourth-order valence-electron chi connectivity index (χ4n) is 5.00. The van der Waals surface area contributed by atoms with Crippen LogP contribution in [0.4, 0.5) is 5.82 Å². The molecule has 3 aliphatic heterocycles. The molecular formula is C24H32N6O3. The van der Waals surface area contributed by atoms with Gasteiger partial charge in [0.1, 0.15) is 6.10 Å². The maximum absolute atomic E-state index is 13.4. The van der Waals surface area contributed by atoms with E-state index >= 15 is 0 Å². The van der Waals surface area contributed by atoms with Gasteiger partial charge in [-0.25, -0.2) is 0 Å². The van der Waals surface area contributed by atoms with Crippen LogP contribution in [0.2, 0.25) is 0 Å². The van der Waals surface area contributed by atoms with Crippen LogP contribution in [-0.2, 0) is 9.53 Å². The number of piperazine rings is 1. The van der Waals surface area contributed by atoms with Crippen LogP contribution in [0.15, 0.2) is 24.3 Å². The standard InChI is InChI=1S/C24H32N6O3/c1-27-9-5-10-28(12-11-27)22-19-7-3-2-6-18(19)21(25-26-22)24(32)30-15-13-29(14-16-30)23(31)20-8-4-17-33-20/h2-3,6-7,20H,4-5,8-17H2,1H3. The average molecular weight is 453 g/mol. The first-order valence-corrected chi connectivity index (χ1v) is 12.0. The molecule has 176 valence electrons. The summed E-state index contributed by atoms with van der Waals surface area (Å²) in [6.45, 7) is 6.56. The highest BCUT2D eigenvalue weighted by molar-refractivity contribution is 6.07. The summed E-state index contributed by atoms with van der Waals surface area (Å²) in [5, 5.41) is 10.8. The molecule has 2 amide bonds. The van der Waals surface area contributed by atoms with Crippen molar-refractivity contribution in [1.29, 1.82) is 0 Å². The van der Waals surface area contributed by atoms with Crippen molar-refractivity contribution in [2.45, 2.75) is 25.4 Å². The zero-order chi connectivity index (χ0) is 22.8. The Labute approximate surface area is 194 Å². The van der Waals surface area contributed by atoms with Gasteiger partial charge in [0.25, 0.3) is 11.8 Å². The van der Waals surface area contributed by atoms with Crippen LogP contribution < -0.4 is 4.90 Å². The van der Waals surface area contributed by atoms with Crippen molar-refractivity contribution < 1.29 is 14.3 Å². The van der Waals surface area contributed by atoms with E-state index in [0.29, 0.717) is 38.5 Å². The van der Waals surface area contributed by atoms with Gasteiger partial charge in [0.2, 0.25) is 0 Å². The number of benzene rings is 1. The minimum absolute atomic E-state index is 0.0530. The Hall–Kier alpha value is -2.78. The molecule has 3 fully saturated rings. The van der Waals surface area contributed by atoms with Crippen LogP contribution in [0.1, 0.15) is 29.8 Å². The number of carbonyl (C=O) groups excluding carboxylic acids is 2. The molecule has 0 aliphatic carbocycles. The summed E-state index contributed by atoms with van der Waals surface area (Å²) in [4.78, 5) is 34.2. The van der Waals surface area contributed by atoms with Crippen molar-refractivity contribution in [1.82, 2.24) is 24.9 Å². The van der Waals surface area contributed by atoms with Gasteiger partial charge in [-0.3, -0.25) is 9.59 Å². The minimum atomic E-state index is -0.312. The van der Waals surface area contributed by atoms with Gasteiger partial charge in [0.15, 0.2) is 11.5 Å². The maximum atomic E-state index is 13.4. The Morgan fingerprint density at radius 1 is 0.879 bits per heavy atom. The van der Waals surface area contributed by atoms with E-state index in [0.717, 1.165) is 62.0 Å². The van der Waals surface area contributed by atoms with E-state index in [1.54, 1.807) is 4.90 Å². The van der Waals surface area contributed by atoms with Gasteiger partial charge in [0, 0.05) is 63.2 Å². The van der Waals surface area contributed by atoms with Gasteiger partial charge in [0.05, 0.1) is 0 Å². The van der Waals surface area contributed by atoms with E-state index < -0.39 is 0 Å². The zero-order valence-corrected chi connectivity index (χ0v) is 19.3. The lowest BCUT2D eigenvalue weighted by Crippen LogP contribution is -2.53. The second-order valence-corrected chi connectivity index (χ2v) is 9.18. The van der Waals surface area contributed by atoms with Gasteiger partial charge >= 0.3 is 0 Å². The Morgan fingerprint density at radius 2 is 1.64 bits per heavy atom. The van der Waals surface area contributed by atoms with Gasteiger partial charge in [-0.05, 0) is 32.9 Å². The molecule has 3 saturated heterocycles. The predicted molar refractivity (Wildman–Crippen MR) is 125 cm³/mol.